The van der Waals surface area contributed by atoms with Gasteiger partial charge in [-0.3, -0.25) is 20.0 Å². The summed E-state index contributed by atoms with van der Waals surface area (Å²) in [7, 11) is 0. The normalized spacial score (nSPS) is 15.6. The quantitative estimate of drug-likeness (QED) is 0.356. The number of rotatable bonds is 8. The first-order valence-electron chi connectivity index (χ1n) is 11.1. The molecule has 8 nitrogen and oxygen atoms in total. The maximum atomic E-state index is 13.4. The predicted octanol–water partition coefficient (Wildman–Crippen LogP) is 2.96. The lowest BCUT2D eigenvalue weighted by atomic mass is 10.1. The molecule has 0 aliphatic carbocycles. The zero-order chi connectivity index (χ0) is 23.9. The van der Waals surface area contributed by atoms with Crippen LogP contribution in [0.5, 0.6) is 0 Å². The molecule has 3 aromatic carbocycles. The minimum Gasteiger partial charge on any atom is -0.384 e. The molecular formula is C26H27N5O3. The van der Waals surface area contributed by atoms with Crippen LogP contribution in [0.15, 0.2) is 84.9 Å². The number of amidine groups is 1. The molecular weight excluding hydrogens is 430 g/mol. The molecule has 0 spiro atoms. The third-order valence-corrected chi connectivity index (χ3v) is 5.52. The molecule has 34 heavy (non-hydrogen) atoms. The van der Waals surface area contributed by atoms with E-state index >= 15 is 0 Å². The van der Waals surface area contributed by atoms with Gasteiger partial charge in [-0.1, -0.05) is 60.7 Å². The number of hydrogen-bond acceptors (Lipinski definition) is 5. The van der Waals surface area contributed by atoms with Crippen LogP contribution in [0.4, 0.5) is 11.4 Å². The summed E-state index contributed by atoms with van der Waals surface area (Å²) < 4.78 is 5.69. The molecule has 1 fully saturated rings. The number of carbonyl (C=O) groups is 2. The average Bonchev–Trinajstić information content (AvgIpc) is 2.87. The topological polar surface area (TPSA) is 112 Å². The summed E-state index contributed by atoms with van der Waals surface area (Å²) in [6.45, 7) is 1.01. The van der Waals surface area contributed by atoms with E-state index in [-0.39, 0.29) is 24.1 Å². The molecule has 4 rings (SSSR count). The van der Waals surface area contributed by atoms with Gasteiger partial charge >= 0.3 is 0 Å². The summed E-state index contributed by atoms with van der Waals surface area (Å²) >= 11 is 0. The van der Waals surface area contributed by atoms with E-state index in [2.05, 4.69) is 5.32 Å². The van der Waals surface area contributed by atoms with E-state index in [0.29, 0.717) is 25.3 Å². The lowest BCUT2D eigenvalue weighted by molar-refractivity contribution is -0.155. The SMILES string of the molecule is N=C(N)c1ccc(CNC(=O)CC2OCCN(N(c3ccccc3)c3ccccc3)C2=O)cc1. The monoisotopic (exact) mass is 457 g/mol. The summed E-state index contributed by atoms with van der Waals surface area (Å²) in [5.74, 6) is -0.546. The van der Waals surface area contributed by atoms with Gasteiger partial charge in [0.05, 0.1) is 30.9 Å². The van der Waals surface area contributed by atoms with Crippen LogP contribution in [-0.2, 0) is 20.9 Å². The van der Waals surface area contributed by atoms with Crippen molar-refractivity contribution >= 4 is 29.0 Å². The number of anilines is 2. The van der Waals surface area contributed by atoms with Crippen LogP contribution >= 0.6 is 0 Å². The van der Waals surface area contributed by atoms with Crippen molar-refractivity contribution in [3.05, 3.63) is 96.1 Å². The molecule has 8 heteroatoms. The van der Waals surface area contributed by atoms with Gasteiger partial charge in [0.2, 0.25) is 5.91 Å². The molecule has 0 saturated carbocycles. The van der Waals surface area contributed by atoms with Crippen LogP contribution in [0.1, 0.15) is 17.5 Å². The van der Waals surface area contributed by atoms with Crippen molar-refractivity contribution < 1.29 is 14.3 Å². The highest BCUT2D eigenvalue weighted by Crippen LogP contribution is 2.29. The fourth-order valence-electron chi connectivity index (χ4n) is 3.78. The Hall–Kier alpha value is -4.17. The standard InChI is InChI=1S/C26H27N5O3/c27-25(28)20-13-11-19(12-14-20)18-29-24(32)17-23-26(33)30(15-16-34-23)31(21-7-3-1-4-8-21)22-9-5-2-6-10-22/h1-14,23H,15-18H2,(H3,27,28)(H,29,32). The maximum Gasteiger partial charge on any atom is 0.271 e. The highest BCUT2D eigenvalue weighted by atomic mass is 16.5. The zero-order valence-electron chi connectivity index (χ0n) is 18.7. The summed E-state index contributed by atoms with van der Waals surface area (Å²) in [6.07, 6.45) is -0.943. The van der Waals surface area contributed by atoms with Crippen molar-refractivity contribution in [1.29, 1.82) is 5.41 Å². The van der Waals surface area contributed by atoms with Gasteiger partial charge in [-0.05, 0) is 29.8 Å². The van der Waals surface area contributed by atoms with Gasteiger partial charge in [0.1, 0.15) is 11.9 Å². The summed E-state index contributed by atoms with van der Waals surface area (Å²) in [4.78, 5) is 26.0. The Morgan fingerprint density at radius 1 is 1.00 bits per heavy atom. The average molecular weight is 458 g/mol. The highest BCUT2D eigenvalue weighted by Gasteiger charge is 2.35. The van der Waals surface area contributed by atoms with E-state index in [1.165, 1.54) is 0 Å². The number of carbonyl (C=O) groups excluding carboxylic acids is 2. The maximum absolute atomic E-state index is 13.4. The van der Waals surface area contributed by atoms with Gasteiger partial charge in [-0.15, -0.1) is 0 Å². The van der Waals surface area contributed by atoms with E-state index in [1.54, 1.807) is 29.3 Å². The Morgan fingerprint density at radius 3 is 2.15 bits per heavy atom. The van der Waals surface area contributed by atoms with E-state index in [4.69, 9.17) is 15.9 Å². The Morgan fingerprint density at radius 2 is 1.59 bits per heavy atom. The molecule has 0 radical (unpaired) electrons. The molecule has 1 aliphatic rings. The van der Waals surface area contributed by atoms with Crippen LogP contribution < -0.4 is 16.1 Å². The van der Waals surface area contributed by atoms with E-state index in [0.717, 1.165) is 16.9 Å². The second-order valence-corrected chi connectivity index (χ2v) is 7.90. The Balaban J connectivity index is 1.43. The molecule has 0 bridgehead atoms. The molecule has 1 atom stereocenters. The number of benzene rings is 3. The van der Waals surface area contributed by atoms with Crippen LogP contribution in [0, 0.1) is 5.41 Å². The third kappa shape index (κ3) is 5.41. The molecule has 2 amide bonds. The number of para-hydroxylation sites is 2. The number of morpholine rings is 1. The zero-order valence-corrected chi connectivity index (χ0v) is 18.7. The second kappa shape index (κ2) is 10.6. The number of nitrogens with one attached hydrogen (secondary N) is 2. The number of nitrogens with two attached hydrogens (primary N) is 1. The van der Waals surface area contributed by atoms with Gasteiger partial charge in [-0.25, -0.2) is 5.01 Å². The van der Waals surface area contributed by atoms with E-state index < -0.39 is 6.10 Å². The Bertz CT molecular complexity index is 1100. The van der Waals surface area contributed by atoms with Crippen LogP contribution in [0.25, 0.3) is 0 Å². The predicted molar refractivity (Wildman–Crippen MR) is 130 cm³/mol. The highest BCUT2D eigenvalue weighted by molar-refractivity contribution is 5.95. The fraction of sp³-hybridized carbons (Fsp3) is 0.192. The van der Waals surface area contributed by atoms with Crippen LogP contribution in [0.2, 0.25) is 0 Å². The number of hydrazine groups is 1. The van der Waals surface area contributed by atoms with E-state index in [1.807, 2.05) is 65.7 Å². The Kier molecular flexibility index (Phi) is 7.19. The number of ether oxygens (including phenoxy) is 1. The van der Waals surface area contributed by atoms with Crippen LogP contribution in [0.3, 0.4) is 0 Å². The summed E-state index contributed by atoms with van der Waals surface area (Å²) in [5, 5.41) is 13.8. The van der Waals surface area contributed by atoms with Gasteiger partial charge < -0.3 is 15.8 Å². The lowest BCUT2D eigenvalue weighted by Crippen LogP contribution is -2.55. The number of nitrogen functional groups attached to an aromatic ring is 1. The van der Waals surface area contributed by atoms with Crippen molar-refractivity contribution in [2.75, 3.05) is 18.2 Å². The third-order valence-electron chi connectivity index (χ3n) is 5.52. The van der Waals surface area contributed by atoms with Gasteiger partial charge in [0, 0.05) is 12.1 Å². The molecule has 1 aliphatic heterocycles. The summed E-state index contributed by atoms with van der Waals surface area (Å²) in [6, 6.07) is 26.4. The minimum absolute atomic E-state index is 0.00634. The number of amides is 2. The van der Waals surface area contributed by atoms with Crippen LogP contribution in [-0.4, -0.2) is 41.9 Å². The smallest absolute Gasteiger partial charge is 0.271 e. The fourth-order valence-corrected chi connectivity index (χ4v) is 3.78. The van der Waals surface area contributed by atoms with Crippen molar-refractivity contribution in [2.24, 2.45) is 5.73 Å². The molecule has 0 aromatic heterocycles. The number of nitrogens with zero attached hydrogens (tertiary/aromatic N) is 2. The first-order valence-corrected chi connectivity index (χ1v) is 11.1. The minimum atomic E-state index is -0.872. The lowest BCUT2D eigenvalue weighted by Gasteiger charge is -2.41. The largest absolute Gasteiger partial charge is 0.384 e. The molecule has 1 heterocycles. The van der Waals surface area contributed by atoms with Crippen molar-refractivity contribution in [1.82, 2.24) is 10.3 Å². The van der Waals surface area contributed by atoms with Crippen molar-refractivity contribution in [3.63, 3.8) is 0 Å². The van der Waals surface area contributed by atoms with Gasteiger partial charge in [-0.2, -0.15) is 0 Å². The van der Waals surface area contributed by atoms with Gasteiger partial charge in [0.25, 0.3) is 5.91 Å². The molecule has 1 unspecified atom stereocenters. The second-order valence-electron chi connectivity index (χ2n) is 7.90. The van der Waals surface area contributed by atoms with Gasteiger partial charge in [0.15, 0.2) is 0 Å². The summed E-state index contributed by atoms with van der Waals surface area (Å²) in [5.41, 5.74) is 8.66. The number of hydrogen-bond donors (Lipinski definition) is 3. The first-order chi connectivity index (χ1) is 16.5. The van der Waals surface area contributed by atoms with Crippen molar-refractivity contribution in [2.45, 2.75) is 19.1 Å². The molecule has 1 saturated heterocycles. The van der Waals surface area contributed by atoms with E-state index in [9.17, 15) is 9.59 Å². The van der Waals surface area contributed by atoms with Crippen molar-refractivity contribution in [3.8, 4) is 0 Å². The Labute approximate surface area is 198 Å². The first kappa shape index (κ1) is 23.0. The molecule has 174 valence electrons. The molecule has 4 N–H and O–H groups in total. The molecule has 3 aromatic rings.